The zero-order chi connectivity index (χ0) is 18.9. The van der Waals surface area contributed by atoms with E-state index in [0.717, 1.165) is 39.1 Å². The van der Waals surface area contributed by atoms with Crippen LogP contribution in [0.25, 0.3) is 16.5 Å². The van der Waals surface area contributed by atoms with Gasteiger partial charge in [-0.2, -0.15) is 10.2 Å². The van der Waals surface area contributed by atoms with Crippen LogP contribution in [0.4, 0.5) is 5.69 Å². The number of pyridine rings is 2. The van der Waals surface area contributed by atoms with Crippen LogP contribution >= 0.6 is 0 Å². The molecule has 28 heavy (non-hydrogen) atoms. The molecule has 0 N–H and O–H groups in total. The minimum absolute atomic E-state index is 0.767. The molecule has 5 rings (SSSR count). The highest BCUT2D eigenvalue weighted by atomic mass is 15.5. The van der Waals surface area contributed by atoms with Gasteiger partial charge in [0.2, 0.25) is 0 Å². The van der Waals surface area contributed by atoms with Crippen molar-refractivity contribution in [3.63, 3.8) is 0 Å². The summed E-state index contributed by atoms with van der Waals surface area (Å²) in [6.45, 7) is 4.17. The van der Waals surface area contributed by atoms with Gasteiger partial charge in [-0.1, -0.05) is 18.7 Å². The molecule has 0 saturated heterocycles. The highest BCUT2D eigenvalue weighted by Gasteiger charge is 2.19. The third-order valence-electron chi connectivity index (χ3n) is 4.63. The number of rotatable bonds is 3. The van der Waals surface area contributed by atoms with Gasteiger partial charge in [0, 0.05) is 41.8 Å². The fraction of sp³-hybridized carbons (Fsp3) is 0. The maximum Gasteiger partial charge on any atom is 0.116 e. The van der Waals surface area contributed by atoms with Crippen LogP contribution in [0.5, 0.6) is 0 Å². The zero-order valence-electron chi connectivity index (χ0n) is 15.0. The second-order valence-electron chi connectivity index (χ2n) is 6.34. The van der Waals surface area contributed by atoms with Gasteiger partial charge in [-0.25, -0.2) is 9.69 Å². The Hall–Kier alpha value is -4.06. The lowest BCUT2D eigenvalue weighted by Crippen LogP contribution is -2.21. The lowest BCUT2D eigenvalue weighted by molar-refractivity contribution is 0.875. The van der Waals surface area contributed by atoms with E-state index in [2.05, 4.69) is 21.6 Å². The number of fused-ring (bicyclic) bond motifs is 1. The monoisotopic (exact) mass is 364 g/mol. The van der Waals surface area contributed by atoms with Crippen molar-refractivity contribution in [1.29, 1.82) is 0 Å². The van der Waals surface area contributed by atoms with E-state index < -0.39 is 0 Å². The molecule has 0 spiro atoms. The summed E-state index contributed by atoms with van der Waals surface area (Å²) in [5.74, 6) is 0. The van der Waals surface area contributed by atoms with Gasteiger partial charge in [-0.3, -0.25) is 9.97 Å². The van der Waals surface area contributed by atoms with E-state index in [1.807, 2.05) is 70.6 Å². The van der Waals surface area contributed by atoms with Crippen molar-refractivity contribution in [3.8, 4) is 5.69 Å². The summed E-state index contributed by atoms with van der Waals surface area (Å²) >= 11 is 0. The average molecular weight is 364 g/mol. The third-order valence-corrected chi connectivity index (χ3v) is 4.63. The molecule has 0 saturated carbocycles. The van der Waals surface area contributed by atoms with Crippen molar-refractivity contribution in [2.75, 3.05) is 5.01 Å². The molecule has 0 atom stereocenters. The summed E-state index contributed by atoms with van der Waals surface area (Å²) in [5.41, 5.74) is 4.37. The molecule has 134 valence electrons. The SMILES string of the molecule is C=C1C=CN(c2ccncc2)N=C1c1ccnn1-c1cccc2cnccc12. The number of nitrogens with zero attached hydrogens (tertiary/aromatic N) is 6. The predicted molar refractivity (Wildman–Crippen MR) is 110 cm³/mol. The Labute approximate surface area is 161 Å². The number of hydrazone groups is 1. The molecule has 0 bridgehead atoms. The van der Waals surface area contributed by atoms with Crippen LogP contribution in [0, 0.1) is 0 Å². The summed E-state index contributed by atoms with van der Waals surface area (Å²) in [6, 6.07) is 13.9. The van der Waals surface area contributed by atoms with Crippen molar-refractivity contribution in [3.05, 3.63) is 104 Å². The van der Waals surface area contributed by atoms with Gasteiger partial charge < -0.3 is 0 Å². The fourth-order valence-electron chi connectivity index (χ4n) is 3.27. The Morgan fingerprint density at radius 3 is 2.61 bits per heavy atom. The van der Waals surface area contributed by atoms with Crippen LogP contribution in [0.1, 0.15) is 5.69 Å². The summed E-state index contributed by atoms with van der Waals surface area (Å²) in [7, 11) is 0. The van der Waals surface area contributed by atoms with E-state index in [0.29, 0.717) is 0 Å². The molecule has 3 aromatic heterocycles. The number of anilines is 1. The number of allylic oxidation sites excluding steroid dienone is 2. The largest absolute Gasteiger partial charge is 0.265 e. The Balaban J connectivity index is 1.64. The topological polar surface area (TPSA) is 59.2 Å². The van der Waals surface area contributed by atoms with Gasteiger partial charge in [-0.15, -0.1) is 0 Å². The lowest BCUT2D eigenvalue weighted by atomic mass is 10.1. The first-order valence-electron chi connectivity index (χ1n) is 8.84. The number of aromatic nitrogens is 4. The van der Waals surface area contributed by atoms with E-state index >= 15 is 0 Å². The Bertz CT molecular complexity index is 1230. The summed E-state index contributed by atoms with van der Waals surface area (Å²) in [5, 5.41) is 13.3. The van der Waals surface area contributed by atoms with E-state index in [9.17, 15) is 0 Å². The van der Waals surface area contributed by atoms with Crippen molar-refractivity contribution < 1.29 is 0 Å². The Kier molecular flexibility index (Phi) is 3.80. The van der Waals surface area contributed by atoms with Crippen LogP contribution in [-0.2, 0) is 0 Å². The highest BCUT2D eigenvalue weighted by Crippen LogP contribution is 2.26. The summed E-state index contributed by atoms with van der Waals surface area (Å²) < 4.78 is 1.90. The van der Waals surface area contributed by atoms with Crippen molar-refractivity contribution >= 4 is 22.2 Å². The number of benzene rings is 1. The third kappa shape index (κ3) is 2.68. The normalized spacial score (nSPS) is 13.8. The minimum atomic E-state index is 0.767. The van der Waals surface area contributed by atoms with Crippen LogP contribution in [-0.4, -0.2) is 25.5 Å². The van der Waals surface area contributed by atoms with Crippen LogP contribution in [0.3, 0.4) is 0 Å². The Morgan fingerprint density at radius 1 is 0.857 bits per heavy atom. The molecular weight excluding hydrogens is 348 g/mol. The van der Waals surface area contributed by atoms with E-state index in [1.165, 1.54) is 0 Å². The molecule has 6 heteroatoms. The molecule has 1 aliphatic heterocycles. The maximum absolute atomic E-state index is 4.80. The van der Waals surface area contributed by atoms with Gasteiger partial charge in [0.25, 0.3) is 0 Å². The first-order chi connectivity index (χ1) is 13.8. The molecular formula is C22H16N6. The summed E-state index contributed by atoms with van der Waals surface area (Å²) in [6.07, 6.45) is 12.8. The second kappa shape index (κ2) is 6.59. The van der Waals surface area contributed by atoms with Gasteiger partial charge in [0.15, 0.2) is 0 Å². The Morgan fingerprint density at radius 2 is 1.71 bits per heavy atom. The van der Waals surface area contributed by atoms with E-state index in [1.54, 1.807) is 24.8 Å². The van der Waals surface area contributed by atoms with Gasteiger partial charge in [0.05, 0.1) is 23.3 Å². The average Bonchev–Trinajstić information content (AvgIpc) is 3.24. The molecule has 0 unspecified atom stereocenters. The fourth-order valence-corrected chi connectivity index (χ4v) is 3.27. The van der Waals surface area contributed by atoms with Crippen molar-refractivity contribution in [1.82, 2.24) is 19.7 Å². The first kappa shape index (κ1) is 16.1. The minimum Gasteiger partial charge on any atom is -0.265 e. The molecule has 0 aliphatic carbocycles. The van der Waals surface area contributed by atoms with E-state index in [-0.39, 0.29) is 0 Å². The maximum atomic E-state index is 4.80. The smallest absolute Gasteiger partial charge is 0.116 e. The second-order valence-corrected chi connectivity index (χ2v) is 6.34. The molecule has 1 aromatic carbocycles. The first-order valence-corrected chi connectivity index (χ1v) is 8.84. The molecule has 1 aliphatic rings. The van der Waals surface area contributed by atoms with E-state index in [4.69, 9.17) is 5.10 Å². The lowest BCUT2D eigenvalue weighted by Gasteiger charge is -2.22. The zero-order valence-corrected chi connectivity index (χ0v) is 15.0. The molecule has 4 heterocycles. The summed E-state index contributed by atoms with van der Waals surface area (Å²) in [4.78, 5) is 8.29. The van der Waals surface area contributed by atoms with Crippen LogP contribution < -0.4 is 5.01 Å². The quantitative estimate of drug-likeness (QED) is 0.549. The molecule has 0 amide bonds. The number of hydrogen-bond acceptors (Lipinski definition) is 5. The van der Waals surface area contributed by atoms with Crippen molar-refractivity contribution in [2.45, 2.75) is 0 Å². The molecule has 0 fully saturated rings. The molecule has 4 aromatic rings. The van der Waals surface area contributed by atoms with Crippen LogP contribution in [0.2, 0.25) is 0 Å². The number of hydrogen-bond donors (Lipinski definition) is 0. The molecule has 0 radical (unpaired) electrons. The molecule has 6 nitrogen and oxygen atoms in total. The highest BCUT2D eigenvalue weighted by molar-refractivity contribution is 6.14. The van der Waals surface area contributed by atoms with Gasteiger partial charge in [-0.05, 0) is 42.0 Å². The standard InChI is InChI=1S/C22H16N6/c1-16-9-14-27(18-5-10-23-11-6-18)26-22(16)21-8-13-25-28(21)20-4-2-3-17-15-24-12-7-19(17)20/h2-15H,1H2. The predicted octanol–water partition coefficient (Wildman–Crippen LogP) is 4.11. The van der Waals surface area contributed by atoms with Gasteiger partial charge in [0.1, 0.15) is 5.71 Å². The van der Waals surface area contributed by atoms with Crippen LogP contribution in [0.15, 0.2) is 103 Å². The van der Waals surface area contributed by atoms with Gasteiger partial charge >= 0.3 is 0 Å². The van der Waals surface area contributed by atoms with Crippen molar-refractivity contribution in [2.24, 2.45) is 5.10 Å².